The molecule has 1 N–H and O–H groups in total. The molecular formula is C27H18FN3O6S. The molecule has 6 rings (SSSR count). The Kier molecular flexibility index (Phi) is 5.46. The van der Waals surface area contributed by atoms with Gasteiger partial charge in [0, 0.05) is 24.1 Å². The molecule has 2 atom stereocenters. The number of aromatic nitrogens is 1. The van der Waals surface area contributed by atoms with E-state index in [4.69, 9.17) is 4.74 Å². The number of Topliss-reactive ketones (excluding diaryl/α,β-unsaturated/α-hetero) is 1. The Labute approximate surface area is 218 Å². The van der Waals surface area contributed by atoms with Gasteiger partial charge in [0.1, 0.15) is 23.4 Å². The molecule has 1 fully saturated rings. The van der Waals surface area contributed by atoms with Gasteiger partial charge in [-0.3, -0.25) is 24.6 Å². The minimum absolute atomic E-state index is 0.0401. The van der Waals surface area contributed by atoms with Crippen molar-refractivity contribution in [1.29, 1.82) is 0 Å². The van der Waals surface area contributed by atoms with Crippen LogP contribution in [0.3, 0.4) is 0 Å². The number of non-ortho nitro benzene ring substituents is 1. The Morgan fingerprint density at radius 3 is 2.79 bits per heavy atom. The van der Waals surface area contributed by atoms with Crippen molar-refractivity contribution in [2.75, 3.05) is 4.90 Å². The van der Waals surface area contributed by atoms with Gasteiger partial charge < -0.3 is 9.84 Å². The van der Waals surface area contributed by atoms with Crippen molar-refractivity contribution in [2.24, 2.45) is 0 Å². The van der Waals surface area contributed by atoms with Crippen molar-refractivity contribution in [3.63, 3.8) is 0 Å². The average molecular weight is 532 g/mol. The molecule has 1 aromatic heterocycles. The molecule has 3 heterocycles. The van der Waals surface area contributed by atoms with Gasteiger partial charge in [-0.1, -0.05) is 23.5 Å². The summed E-state index contributed by atoms with van der Waals surface area (Å²) in [7, 11) is 0. The summed E-state index contributed by atoms with van der Waals surface area (Å²) in [6.45, 7) is 1.91. The van der Waals surface area contributed by atoms with Crippen LogP contribution < -0.4 is 9.64 Å². The monoisotopic (exact) mass is 531 g/mol. The lowest BCUT2D eigenvalue weighted by Crippen LogP contribution is -2.29. The van der Waals surface area contributed by atoms with Crippen molar-refractivity contribution in [2.45, 2.75) is 25.5 Å². The van der Waals surface area contributed by atoms with Gasteiger partial charge in [0.25, 0.3) is 11.5 Å². The molecule has 2 aliphatic heterocycles. The summed E-state index contributed by atoms with van der Waals surface area (Å²) in [6, 6.07) is 13.2. The molecule has 190 valence electrons. The zero-order valence-corrected chi connectivity index (χ0v) is 20.6. The molecule has 1 amide bonds. The van der Waals surface area contributed by atoms with E-state index in [9.17, 15) is 29.2 Å². The SMILES string of the molecule is C[C@@H]1Cc2cc(C(O)=C3C(=O)C(=O)N(c4nc5ccc(F)cc5s4)[C@@H]3c3cccc([N+](=O)[O-])c3)ccc2O1. The third-order valence-corrected chi connectivity index (χ3v) is 7.57. The van der Waals surface area contributed by atoms with E-state index in [1.54, 1.807) is 18.2 Å². The van der Waals surface area contributed by atoms with Gasteiger partial charge in [-0.2, -0.15) is 0 Å². The van der Waals surface area contributed by atoms with E-state index in [0.717, 1.165) is 21.8 Å². The number of anilines is 1. The van der Waals surface area contributed by atoms with E-state index >= 15 is 0 Å². The van der Waals surface area contributed by atoms with Gasteiger partial charge in [0.2, 0.25) is 0 Å². The van der Waals surface area contributed by atoms with Gasteiger partial charge >= 0.3 is 5.91 Å². The Morgan fingerprint density at radius 2 is 2.00 bits per heavy atom. The first kappa shape index (κ1) is 23.7. The van der Waals surface area contributed by atoms with Crippen LogP contribution in [0.15, 0.2) is 66.2 Å². The van der Waals surface area contributed by atoms with Crippen molar-refractivity contribution >= 4 is 49.8 Å². The number of amides is 1. The first-order chi connectivity index (χ1) is 18.2. The number of hydrogen-bond acceptors (Lipinski definition) is 8. The van der Waals surface area contributed by atoms with E-state index in [1.165, 1.54) is 42.5 Å². The molecule has 0 unspecified atom stereocenters. The second kappa shape index (κ2) is 8.73. The standard InChI is InChI=1S/C27H18FN3O6S/c1-13-9-16-10-15(5-8-20(16)37-13)24(32)22-23(14-3-2-4-18(11-14)31(35)36)30(26(34)25(22)33)27-29-19-7-6-17(28)12-21(19)38-27/h2-8,10-13,23,32H,9H2,1H3/t13-,23-/m1/s1. The molecule has 3 aromatic carbocycles. The van der Waals surface area contributed by atoms with Gasteiger partial charge in [0.15, 0.2) is 5.13 Å². The maximum Gasteiger partial charge on any atom is 0.301 e. The number of hydrogen-bond donors (Lipinski definition) is 1. The lowest BCUT2D eigenvalue weighted by atomic mass is 9.94. The predicted octanol–water partition coefficient (Wildman–Crippen LogP) is 5.29. The number of nitro benzene ring substituents is 1. The molecule has 0 radical (unpaired) electrons. The highest BCUT2D eigenvalue weighted by atomic mass is 32.1. The molecule has 0 aliphatic carbocycles. The van der Waals surface area contributed by atoms with E-state index in [-0.39, 0.29) is 28.1 Å². The van der Waals surface area contributed by atoms with Crippen LogP contribution in [-0.2, 0) is 16.0 Å². The zero-order valence-electron chi connectivity index (χ0n) is 19.8. The lowest BCUT2D eigenvalue weighted by Gasteiger charge is -2.22. The summed E-state index contributed by atoms with van der Waals surface area (Å²) in [5.74, 6) is -2.15. The quantitative estimate of drug-likeness (QED) is 0.125. The smallest absolute Gasteiger partial charge is 0.301 e. The topological polar surface area (TPSA) is 123 Å². The van der Waals surface area contributed by atoms with E-state index in [1.807, 2.05) is 6.92 Å². The third-order valence-electron chi connectivity index (χ3n) is 6.56. The molecule has 1 saturated heterocycles. The first-order valence-electron chi connectivity index (χ1n) is 11.6. The maximum absolute atomic E-state index is 13.8. The number of nitrogens with zero attached hydrogens (tertiary/aromatic N) is 3. The molecule has 4 aromatic rings. The van der Waals surface area contributed by atoms with Gasteiger partial charge in [-0.25, -0.2) is 9.37 Å². The summed E-state index contributed by atoms with van der Waals surface area (Å²) in [5.41, 5.74) is 1.33. The van der Waals surface area contributed by atoms with Crippen LogP contribution in [0.5, 0.6) is 5.75 Å². The molecule has 9 nitrogen and oxygen atoms in total. The van der Waals surface area contributed by atoms with Crippen molar-refractivity contribution in [3.8, 4) is 5.75 Å². The summed E-state index contributed by atoms with van der Waals surface area (Å²) in [5, 5.41) is 23.0. The van der Waals surface area contributed by atoms with Crippen LogP contribution >= 0.6 is 11.3 Å². The van der Waals surface area contributed by atoms with Crippen LogP contribution in [0, 0.1) is 15.9 Å². The van der Waals surface area contributed by atoms with Crippen LogP contribution in [0.4, 0.5) is 15.2 Å². The van der Waals surface area contributed by atoms with E-state index in [0.29, 0.717) is 28.0 Å². The summed E-state index contributed by atoms with van der Waals surface area (Å²) in [4.78, 5) is 43.3. The molecule has 0 saturated carbocycles. The Morgan fingerprint density at radius 1 is 1.18 bits per heavy atom. The van der Waals surface area contributed by atoms with Crippen LogP contribution in [0.1, 0.15) is 29.7 Å². The Bertz CT molecular complexity index is 1710. The van der Waals surface area contributed by atoms with E-state index < -0.39 is 34.2 Å². The van der Waals surface area contributed by atoms with E-state index in [2.05, 4.69) is 4.98 Å². The highest BCUT2D eigenvalue weighted by Gasteiger charge is 2.48. The number of carbonyl (C=O) groups excluding carboxylic acids is 2. The lowest BCUT2D eigenvalue weighted by molar-refractivity contribution is -0.384. The van der Waals surface area contributed by atoms with Crippen LogP contribution in [-0.4, -0.2) is 32.8 Å². The Hall–Kier alpha value is -4.64. The van der Waals surface area contributed by atoms with Gasteiger partial charge in [-0.05, 0) is 54.4 Å². The van der Waals surface area contributed by atoms with Gasteiger partial charge in [-0.15, -0.1) is 0 Å². The maximum atomic E-state index is 13.8. The van der Waals surface area contributed by atoms with Crippen molar-refractivity contribution in [1.82, 2.24) is 4.98 Å². The van der Waals surface area contributed by atoms with Gasteiger partial charge in [0.05, 0.1) is 26.8 Å². The number of ketones is 1. The number of carbonyl (C=O) groups is 2. The number of fused-ring (bicyclic) bond motifs is 2. The normalized spacial score (nSPS) is 20.1. The fourth-order valence-electron chi connectivity index (χ4n) is 4.87. The predicted molar refractivity (Wildman–Crippen MR) is 138 cm³/mol. The number of rotatable bonds is 4. The molecule has 0 spiro atoms. The molecule has 2 aliphatic rings. The number of aliphatic hydroxyl groups excluding tert-OH is 1. The number of ether oxygens (including phenoxy) is 1. The molecular weight excluding hydrogens is 513 g/mol. The van der Waals surface area contributed by atoms with Crippen LogP contribution in [0.2, 0.25) is 0 Å². The summed E-state index contributed by atoms with van der Waals surface area (Å²) < 4.78 is 20.0. The molecule has 11 heteroatoms. The number of nitro groups is 1. The van der Waals surface area contributed by atoms with Crippen molar-refractivity contribution < 1.29 is 28.7 Å². The largest absolute Gasteiger partial charge is 0.507 e. The second-order valence-corrected chi connectivity index (χ2v) is 10.1. The number of thiazole rings is 1. The summed E-state index contributed by atoms with van der Waals surface area (Å²) in [6.07, 6.45) is 0.572. The fourth-order valence-corrected chi connectivity index (χ4v) is 5.88. The minimum atomic E-state index is -1.20. The fraction of sp³-hybridized carbons (Fsp3) is 0.148. The average Bonchev–Trinajstić information content (AvgIpc) is 3.55. The third kappa shape index (κ3) is 3.79. The first-order valence-corrected chi connectivity index (χ1v) is 12.4. The highest BCUT2D eigenvalue weighted by Crippen LogP contribution is 2.45. The Balaban J connectivity index is 1.56. The summed E-state index contributed by atoms with van der Waals surface area (Å²) >= 11 is 0.997. The second-order valence-electron chi connectivity index (χ2n) is 9.08. The molecule has 38 heavy (non-hydrogen) atoms. The number of aliphatic hydroxyl groups is 1. The molecule has 0 bridgehead atoms. The highest BCUT2D eigenvalue weighted by molar-refractivity contribution is 7.22. The number of halogens is 1. The number of benzene rings is 3. The van der Waals surface area contributed by atoms with Crippen LogP contribution in [0.25, 0.3) is 16.0 Å². The minimum Gasteiger partial charge on any atom is -0.507 e. The van der Waals surface area contributed by atoms with Crippen molar-refractivity contribution in [3.05, 3.63) is 98.9 Å². The zero-order chi connectivity index (χ0) is 26.7.